The molecule has 3 aliphatic rings. The molecule has 12 heteroatoms. The Bertz CT molecular complexity index is 710. The molecule has 3 rings (SSSR count). The van der Waals surface area contributed by atoms with Crippen LogP contribution >= 0.6 is 0 Å². The molecule has 2 saturated heterocycles. The molecule has 1 saturated carbocycles. The van der Waals surface area contributed by atoms with Gasteiger partial charge in [-0.1, -0.05) is 6.42 Å². The minimum Gasteiger partial charge on any atom is -0.385 e. The molecule has 4 atom stereocenters. The molecule has 0 aromatic heterocycles. The summed E-state index contributed by atoms with van der Waals surface area (Å²) in [6.45, 7) is 0.173. The van der Waals surface area contributed by atoms with E-state index in [2.05, 4.69) is 9.28 Å². The highest BCUT2D eigenvalue weighted by atomic mass is 32.3. The molecule has 2 bridgehead atoms. The zero-order valence-electron chi connectivity index (χ0n) is 13.4. The number of fused-ring (bicyclic) bond motifs is 2. The summed E-state index contributed by atoms with van der Waals surface area (Å²) in [7, 11) is -4.80. The van der Waals surface area contributed by atoms with Crippen molar-refractivity contribution in [1.82, 2.24) is 9.96 Å². The van der Waals surface area contributed by atoms with Crippen molar-refractivity contribution in [3.05, 3.63) is 0 Å². The maximum Gasteiger partial charge on any atom is 0.418 e. The molecule has 0 radical (unpaired) electrons. The maximum absolute atomic E-state index is 12.3. The summed E-state index contributed by atoms with van der Waals surface area (Å²) in [5, 5.41) is 0.622. The molecule has 11 nitrogen and oxygen atoms in total. The van der Waals surface area contributed by atoms with Gasteiger partial charge in [0.1, 0.15) is 5.84 Å². The number of amides is 3. The van der Waals surface area contributed by atoms with Crippen molar-refractivity contribution in [3.8, 4) is 0 Å². The number of aliphatic imine (C=N–C) groups is 1. The third-order valence-electron chi connectivity index (χ3n) is 4.96. The molecular weight excluding hydrogens is 354 g/mol. The average Bonchev–Trinajstić information content (AvgIpc) is 3.04. The summed E-state index contributed by atoms with van der Waals surface area (Å²) < 4.78 is 34.9. The zero-order chi connectivity index (χ0) is 18.4. The summed E-state index contributed by atoms with van der Waals surface area (Å²) in [4.78, 5) is 29.8. The first kappa shape index (κ1) is 18.0. The van der Waals surface area contributed by atoms with Crippen molar-refractivity contribution in [2.75, 3.05) is 6.54 Å². The van der Waals surface area contributed by atoms with Gasteiger partial charge in [-0.2, -0.15) is 18.5 Å². The van der Waals surface area contributed by atoms with E-state index in [1.54, 1.807) is 0 Å². The van der Waals surface area contributed by atoms with Crippen molar-refractivity contribution >= 4 is 28.2 Å². The maximum atomic E-state index is 12.3. The summed E-state index contributed by atoms with van der Waals surface area (Å²) in [5.74, 6) is -0.740. The van der Waals surface area contributed by atoms with Gasteiger partial charge in [-0.25, -0.2) is 4.79 Å². The Morgan fingerprint density at radius 3 is 2.60 bits per heavy atom. The first-order valence-corrected chi connectivity index (χ1v) is 9.44. The van der Waals surface area contributed by atoms with Crippen LogP contribution in [-0.2, 0) is 19.5 Å². The van der Waals surface area contributed by atoms with Gasteiger partial charge in [-0.15, -0.1) is 4.28 Å². The number of amidine groups is 1. The number of nitrogens with two attached hydrogens (primary N) is 2. The molecule has 3 fully saturated rings. The van der Waals surface area contributed by atoms with Crippen LogP contribution in [0.2, 0.25) is 0 Å². The van der Waals surface area contributed by atoms with Crippen LogP contribution in [0.4, 0.5) is 4.79 Å². The largest absolute Gasteiger partial charge is 0.418 e. The summed E-state index contributed by atoms with van der Waals surface area (Å²) in [6.07, 6.45) is 3.10. The lowest BCUT2D eigenvalue weighted by atomic mass is 9.99. The third-order valence-corrected chi connectivity index (χ3v) is 5.31. The Morgan fingerprint density at radius 1 is 1.28 bits per heavy atom. The number of hydroxylamine groups is 2. The smallest absolute Gasteiger partial charge is 0.385 e. The van der Waals surface area contributed by atoms with E-state index in [9.17, 15) is 18.0 Å². The minimum atomic E-state index is -4.80. The van der Waals surface area contributed by atoms with Crippen LogP contribution in [0, 0.1) is 5.92 Å². The summed E-state index contributed by atoms with van der Waals surface area (Å²) in [5.41, 5.74) is 11.8. The first-order chi connectivity index (χ1) is 11.7. The fourth-order valence-electron chi connectivity index (χ4n) is 3.72. The van der Waals surface area contributed by atoms with Crippen LogP contribution in [0.1, 0.15) is 32.1 Å². The van der Waals surface area contributed by atoms with Crippen molar-refractivity contribution in [1.29, 1.82) is 0 Å². The van der Waals surface area contributed by atoms with E-state index >= 15 is 0 Å². The van der Waals surface area contributed by atoms with Crippen molar-refractivity contribution < 1.29 is 26.8 Å². The van der Waals surface area contributed by atoms with Crippen LogP contribution in [0.5, 0.6) is 0 Å². The second-order valence-corrected chi connectivity index (χ2v) is 7.59. The molecule has 140 valence electrons. The first-order valence-electron chi connectivity index (χ1n) is 8.07. The molecule has 0 aromatic rings. The summed E-state index contributed by atoms with van der Waals surface area (Å²) in [6, 6.07) is -2.11. The highest BCUT2D eigenvalue weighted by Crippen LogP contribution is 2.31. The standard InChI is InChI=1S/C13H21N5O6S/c14-9-3-1-2-8(9)12(19)16-11(15)10-5-4-7-6-17(10)13(20)18(7)24-25(21,22)23/h7-10H,1-6,14H2,(H2,15,16,19)(H,21,22,23). The van der Waals surface area contributed by atoms with Gasteiger partial charge in [0.15, 0.2) is 0 Å². The molecule has 0 aromatic carbocycles. The van der Waals surface area contributed by atoms with Crippen LogP contribution in [0.15, 0.2) is 4.99 Å². The highest BCUT2D eigenvalue weighted by molar-refractivity contribution is 7.80. The van der Waals surface area contributed by atoms with Crippen molar-refractivity contribution in [2.24, 2.45) is 22.4 Å². The van der Waals surface area contributed by atoms with Crippen LogP contribution in [0.3, 0.4) is 0 Å². The monoisotopic (exact) mass is 375 g/mol. The Morgan fingerprint density at radius 2 is 2.00 bits per heavy atom. The molecule has 0 spiro atoms. The van der Waals surface area contributed by atoms with E-state index < -0.39 is 28.5 Å². The lowest BCUT2D eigenvalue weighted by Gasteiger charge is -2.29. The van der Waals surface area contributed by atoms with Gasteiger partial charge in [-0.05, 0) is 25.7 Å². The number of carbonyl (C=O) groups is 2. The number of hydrogen-bond acceptors (Lipinski definition) is 6. The fourth-order valence-corrected chi connectivity index (χ4v) is 4.11. The third kappa shape index (κ3) is 3.61. The molecule has 4 unspecified atom stereocenters. The predicted molar refractivity (Wildman–Crippen MR) is 85.3 cm³/mol. The number of urea groups is 1. The average molecular weight is 375 g/mol. The fraction of sp³-hybridized carbons (Fsp3) is 0.769. The lowest BCUT2D eigenvalue weighted by Crippen LogP contribution is -2.48. The normalized spacial score (nSPS) is 33.2. The van der Waals surface area contributed by atoms with E-state index in [1.165, 1.54) is 4.90 Å². The van der Waals surface area contributed by atoms with Crippen LogP contribution in [-0.4, -0.2) is 65.4 Å². The number of rotatable bonds is 4. The SMILES string of the molecule is NC(=NC(=O)C1CCCC1N)C1CCC2CN1C(=O)N2OS(=O)(=O)O. The van der Waals surface area contributed by atoms with Crippen molar-refractivity contribution in [3.63, 3.8) is 0 Å². The number of nitrogens with zero attached hydrogens (tertiary/aromatic N) is 3. The molecule has 1 aliphatic carbocycles. The summed E-state index contributed by atoms with van der Waals surface area (Å²) >= 11 is 0. The second kappa shape index (κ2) is 6.52. The van der Waals surface area contributed by atoms with E-state index in [4.69, 9.17) is 16.0 Å². The Balaban J connectivity index is 1.73. The van der Waals surface area contributed by atoms with Crippen molar-refractivity contribution in [2.45, 2.75) is 50.2 Å². The van der Waals surface area contributed by atoms with Gasteiger partial charge >= 0.3 is 16.4 Å². The predicted octanol–water partition coefficient (Wildman–Crippen LogP) is -0.999. The molecule has 25 heavy (non-hydrogen) atoms. The van der Waals surface area contributed by atoms with Gasteiger partial charge in [0.25, 0.3) is 5.91 Å². The van der Waals surface area contributed by atoms with Gasteiger partial charge in [0.2, 0.25) is 0 Å². The van der Waals surface area contributed by atoms with Gasteiger partial charge < -0.3 is 16.4 Å². The van der Waals surface area contributed by atoms with E-state index in [-0.39, 0.29) is 30.2 Å². The molecular formula is C13H21N5O6S. The Kier molecular flexibility index (Phi) is 4.70. The van der Waals surface area contributed by atoms with Crippen LogP contribution in [0.25, 0.3) is 0 Å². The molecule has 3 amide bonds. The second-order valence-electron chi connectivity index (χ2n) is 6.59. The minimum absolute atomic E-state index is 0.00426. The lowest BCUT2D eigenvalue weighted by molar-refractivity contribution is -0.121. The number of hydrogen-bond donors (Lipinski definition) is 3. The molecule has 5 N–H and O–H groups in total. The van der Waals surface area contributed by atoms with E-state index in [0.717, 1.165) is 12.8 Å². The Labute approximate surface area is 144 Å². The topological polar surface area (TPSA) is 169 Å². The quantitative estimate of drug-likeness (QED) is 0.319. The highest BCUT2D eigenvalue weighted by Gasteiger charge is 2.48. The Hall–Kier alpha value is -1.76. The number of carbonyl (C=O) groups excluding carboxylic acids is 2. The van der Waals surface area contributed by atoms with Gasteiger partial charge in [0.05, 0.1) is 18.0 Å². The van der Waals surface area contributed by atoms with Crippen LogP contribution < -0.4 is 11.5 Å². The van der Waals surface area contributed by atoms with Gasteiger partial charge in [0, 0.05) is 12.6 Å². The van der Waals surface area contributed by atoms with E-state index in [0.29, 0.717) is 24.3 Å². The zero-order valence-corrected chi connectivity index (χ0v) is 14.3. The van der Waals surface area contributed by atoms with Gasteiger partial charge in [-0.3, -0.25) is 9.35 Å². The molecule has 2 aliphatic heterocycles. The number of piperidine rings is 1. The van der Waals surface area contributed by atoms with E-state index in [1.807, 2.05) is 0 Å². The molecule has 2 heterocycles.